The van der Waals surface area contributed by atoms with Gasteiger partial charge in [0.1, 0.15) is 28.6 Å². The molecule has 0 N–H and O–H groups in total. The lowest BCUT2D eigenvalue weighted by Gasteiger charge is -2.27. The van der Waals surface area contributed by atoms with E-state index in [1.165, 1.54) is 23.5 Å². The van der Waals surface area contributed by atoms with Crippen LogP contribution in [-0.4, -0.2) is 57.7 Å². The van der Waals surface area contributed by atoms with Crippen LogP contribution in [0.2, 0.25) is 0 Å². The summed E-state index contributed by atoms with van der Waals surface area (Å²) in [5, 5.41) is 0. The fraction of sp³-hybridized carbons (Fsp3) is 0.556. The Labute approximate surface area is 169 Å². The maximum absolute atomic E-state index is 12.4. The highest BCUT2D eigenvalue weighted by Gasteiger charge is 2.37. The molecular formula is C18H25BN2O4S2. The number of Topliss-reactive ketones (excluding diaryl/α,β-unsaturated/α-hetero) is 1. The number of nitrogens with zero attached hydrogens (tertiary/aromatic N) is 2. The van der Waals surface area contributed by atoms with E-state index in [-0.39, 0.29) is 18.4 Å². The number of hydrogen-bond acceptors (Lipinski definition) is 8. The van der Waals surface area contributed by atoms with Crippen LogP contribution in [-0.2, 0) is 14.3 Å². The molecule has 1 aromatic heterocycles. The van der Waals surface area contributed by atoms with Crippen LogP contribution in [0.3, 0.4) is 0 Å². The van der Waals surface area contributed by atoms with Crippen LogP contribution >= 0.6 is 23.5 Å². The number of carbonyl (C=O) groups is 2. The average molecular weight is 408 g/mol. The predicted octanol–water partition coefficient (Wildman–Crippen LogP) is 1.61. The summed E-state index contributed by atoms with van der Waals surface area (Å²) in [6.45, 7) is 9.05. The Kier molecular flexibility index (Phi) is 7.02. The van der Waals surface area contributed by atoms with E-state index in [1.54, 1.807) is 26.1 Å². The van der Waals surface area contributed by atoms with Gasteiger partial charge in [0.25, 0.3) is 0 Å². The van der Waals surface area contributed by atoms with Gasteiger partial charge < -0.3 is 9.47 Å². The van der Waals surface area contributed by atoms with Crippen LogP contribution in [0.25, 0.3) is 0 Å². The molecule has 1 unspecified atom stereocenters. The van der Waals surface area contributed by atoms with E-state index < -0.39 is 16.4 Å². The van der Waals surface area contributed by atoms with Crippen LogP contribution in [0, 0.1) is 0 Å². The Bertz CT molecular complexity index is 730. The first kappa shape index (κ1) is 21.8. The summed E-state index contributed by atoms with van der Waals surface area (Å²) in [5.41, 5.74) is 0.485. The number of pyridine rings is 1. The van der Waals surface area contributed by atoms with Crippen molar-refractivity contribution in [3.63, 3.8) is 0 Å². The number of carbonyl (C=O) groups excluding carboxylic acids is 2. The van der Waals surface area contributed by atoms with Crippen molar-refractivity contribution in [2.75, 3.05) is 12.4 Å². The predicted molar refractivity (Wildman–Crippen MR) is 114 cm³/mol. The van der Waals surface area contributed by atoms with Crippen molar-refractivity contribution in [2.24, 2.45) is 4.99 Å². The monoisotopic (exact) mass is 408 g/mol. The molecule has 0 radical (unpaired) electrons. The first-order valence-corrected chi connectivity index (χ1v) is 10.5. The van der Waals surface area contributed by atoms with E-state index in [9.17, 15) is 9.59 Å². The van der Waals surface area contributed by atoms with Gasteiger partial charge in [-0.2, -0.15) is 0 Å². The third-order valence-electron chi connectivity index (χ3n) is 3.48. The summed E-state index contributed by atoms with van der Waals surface area (Å²) in [7, 11) is 1.93. The molecule has 1 atom stereocenters. The highest BCUT2D eigenvalue weighted by molar-refractivity contribution is 8.39. The van der Waals surface area contributed by atoms with Crippen molar-refractivity contribution in [3.05, 3.63) is 18.3 Å². The zero-order valence-corrected chi connectivity index (χ0v) is 18.2. The fourth-order valence-electron chi connectivity index (χ4n) is 2.01. The molecule has 2 rings (SSSR count). The Morgan fingerprint density at radius 1 is 1.30 bits per heavy atom. The molecule has 1 aromatic rings. The average Bonchev–Trinajstić information content (AvgIpc) is 3.00. The van der Waals surface area contributed by atoms with Crippen LogP contribution < -0.4 is 10.2 Å². The standard InChI is InChI=1S/C18H25BN2O4S2/c1-17(2,3)25-15(23)18(4,5)27-16-21-12(10-26-16)13(22)9-24-14-7-6-11(19)8-20-14/h6-8,12H,9-10,19H2,1-5H3. The number of ketones is 1. The molecule has 27 heavy (non-hydrogen) atoms. The van der Waals surface area contributed by atoms with Crippen molar-refractivity contribution < 1.29 is 19.1 Å². The number of aliphatic imine (C=N–C) groups is 1. The number of thioether (sulfide) groups is 2. The highest BCUT2D eigenvalue weighted by Crippen LogP contribution is 2.36. The highest BCUT2D eigenvalue weighted by atomic mass is 32.2. The summed E-state index contributed by atoms with van der Waals surface area (Å²) >= 11 is 2.81. The van der Waals surface area contributed by atoms with Crippen molar-refractivity contribution in [1.82, 2.24) is 4.98 Å². The quantitative estimate of drug-likeness (QED) is 0.523. The fourth-order valence-corrected chi connectivity index (χ4v) is 4.58. The molecule has 2 heterocycles. The maximum Gasteiger partial charge on any atom is 0.322 e. The maximum atomic E-state index is 12.4. The molecule has 0 fully saturated rings. The van der Waals surface area contributed by atoms with Gasteiger partial charge in [-0.1, -0.05) is 35.1 Å². The van der Waals surface area contributed by atoms with E-state index >= 15 is 0 Å². The minimum Gasteiger partial charge on any atom is -0.470 e. The Balaban J connectivity index is 1.90. The number of rotatable bonds is 6. The summed E-state index contributed by atoms with van der Waals surface area (Å²) in [4.78, 5) is 33.3. The SMILES string of the molecule is Bc1ccc(OCC(=O)C2CSC(SC(C)(C)C(=O)OC(C)(C)C)=N2)nc1. The molecule has 9 heteroatoms. The van der Waals surface area contributed by atoms with E-state index in [2.05, 4.69) is 9.98 Å². The summed E-state index contributed by atoms with van der Waals surface area (Å²) < 4.78 is 10.9. The van der Waals surface area contributed by atoms with Gasteiger partial charge in [0.2, 0.25) is 5.88 Å². The number of ether oxygens (including phenoxy) is 2. The van der Waals surface area contributed by atoms with Gasteiger partial charge >= 0.3 is 5.97 Å². The first-order chi connectivity index (χ1) is 12.5. The largest absolute Gasteiger partial charge is 0.470 e. The Hall–Kier alpha value is -1.48. The van der Waals surface area contributed by atoms with Crippen LogP contribution in [0.4, 0.5) is 0 Å². The van der Waals surface area contributed by atoms with Crippen LogP contribution in [0.15, 0.2) is 23.3 Å². The van der Waals surface area contributed by atoms with Gasteiger partial charge in [-0.05, 0) is 40.7 Å². The van der Waals surface area contributed by atoms with Gasteiger partial charge in [-0.25, -0.2) is 4.98 Å². The summed E-state index contributed by atoms with van der Waals surface area (Å²) in [5.74, 6) is 0.572. The van der Waals surface area contributed by atoms with Crippen molar-refractivity contribution >= 4 is 53.0 Å². The molecule has 0 bridgehead atoms. The lowest BCUT2D eigenvalue weighted by Crippen LogP contribution is -2.36. The normalized spacial score (nSPS) is 17.4. The molecule has 0 saturated carbocycles. The van der Waals surface area contributed by atoms with Gasteiger partial charge in [-0.15, -0.1) is 0 Å². The molecular weight excluding hydrogens is 383 g/mol. The topological polar surface area (TPSA) is 77.9 Å². The van der Waals surface area contributed by atoms with Crippen molar-refractivity contribution in [3.8, 4) is 5.88 Å². The van der Waals surface area contributed by atoms with Gasteiger partial charge in [0.15, 0.2) is 12.4 Å². The van der Waals surface area contributed by atoms with E-state index in [1.807, 2.05) is 34.7 Å². The lowest BCUT2D eigenvalue weighted by atomic mass is 9.99. The Morgan fingerprint density at radius 3 is 2.59 bits per heavy atom. The van der Waals surface area contributed by atoms with E-state index in [4.69, 9.17) is 9.47 Å². The van der Waals surface area contributed by atoms with Gasteiger partial charge in [0.05, 0.1) is 0 Å². The van der Waals surface area contributed by atoms with Crippen LogP contribution in [0.1, 0.15) is 34.6 Å². The second-order valence-electron chi connectivity index (χ2n) is 7.76. The molecule has 0 aliphatic carbocycles. The molecule has 0 saturated heterocycles. The zero-order chi connectivity index (χ0) is 20.2. The van der Waals surface area contributed by atoms with E-state index in [0.717, 1.165) is 9.84 Å². The van der Waals surface area contributed by atoms with Crippen molar-refractivity contribution in [1.29, 1.82) is 0 Å². The third-order valence-corrected chi connectivity index (χ3v) is 5.87. The molecule has 0 spiro atoms. The molecule has 146 valence electrons. The molecule has 1 aliphatic rings. The van der Waals surface area contributed by atoms with Crippen molar-refractivity contribution in [2.45, 2.75) is 51.0 Å². The first-order valence-electron chi connectivity index (χ1n) is 8.67. The number of hydrogen-bond donors (Lipinski definition) is 0. The molecule has 6 nitrogen and oxygen atoms in total. The molecule has 0 aromatic carbocycles. The minimum atomic E-state index is -0.778. The van der Waals surface area contributed by atoms with Gasteiger partial charge in [0, 0.05) is 11.9 Å². The third kappa shape index (κ3) is 6.88. The van der Waals surface area contributed by atoms with Crippen LogP contribution in [0.5, 0.6) is 5.88 Å². The number of esters is 1. The molecule has 0 amide bonds. The summed E-state index contributed by atoms with van der Waals surface area (Å²) in [6, 6.07) is 3.15. The zero-order valence-electron chi connectivity index (χ0n) is 16.6. The molecule has 1 aliphatic heterocycles. The van der Waals surface area contributed by atoms with Gasteiger partial charge in [-0.3, -0.25) is 14.6 Å². The smallest absolute Gasteiger partial charge is 0.322 e. The number of aromatic nitrogens is 1. The Morgan fingerprint density at radius 2 is 2.00 bits per heavy atom. The summed E-state index contributed by atoms with van der Waals surface area (Å²) in [6.07, 6.45) is 1.69. The minimum absolute atomic E-state index is 0.0712. The second-order valence-corrected chi connectivity index (χ2v) is 10.6. The lowest BCUT2D eigenvalue weighted by molar-refractivity contribution is -0.156. The second kappa shape index (κ2) is 8.69. The van der Waals surface area contributed by atoms with E-state index in [0.29, 0.717) is 11.6 Å².